The summed E-state index contributed by atoms with van der Waals surface area (Å²) in [4.78, 5) is 0. The molecule has 1 heteroatoms. The van der Waals surface area contributed by atoms with Crippen LogP contribution < -0.4 is 0 Å². The molecule has 0 aromatic carbocycles. The third kappa shape index (κ3) is 4.90. The first kappa shape index (κ1) is 5.90. The Labute approximate surface area is 45.7 Å². The van der Waals surface area contributed by atoms with Crippen molar-refractivity contribution in [2.45, 2.75) is 22.0 Å². The van der Waals surface area contributed by atoms with E-state index in [9.17, 15) is 0 Å². The van der Waals surface area contributed by atoms with E-state index in [0.717, 1.165) is 0 Å². The standard InChI is InChI=1S/2C2H5.Po/c2*1-2;/h2*1H2,2H3;. The molecule has 0 aliphatic heterocycles. The van der Waals surface area contributed by atoms with E-state index in [1.165, 1.54) is 8.16 Å². The van der Waals surface area contributed by atoms with Gasteiger partial charge >= 0.3 is 45.6 Å². The summed E-state index contributed by atoms with van der Waals surface area (Å²) >= 11 is 0.241. The van der Waals surface area contributed by atoms with Gasteiger partial charge in [0.25, 0.3) is 0 Å². The molecule has 0 aromatic rings. The van der Waals surface area contributed by atoms with Gasteiger partial charge in [0.05, 0.1) is 0 Å². The summed E-state index contributed by atoms with van der Waals surface area (Å²) in [5.74, 6) is 0. The van der Waals surface area contributed by atoms with Crippen molar-refractivity contribution < 1.29 is 0 Å². The molecule has 0 fully saturated rings. The molecular weight excluding hydrogens is 257 g/mol. The van der Waals surface area contributed by atoms with Gasteiger partial charge in [-0.15, -0.1) is 0 Å². The van der Waals surface area contributed by atoms with Crippen LogP contribution in [0.5, 0.6) is 0 Å². The molecule has 0 aromatic heterocycles. The third-order valence-corrected chi connectivity index (χ3v) is 3.58. The predicted octanol–water partition coefficient (Wildman–Crippen LogP) is 1.57. The summed E-state index contributed by atoms with van der Waals surface area (Å²) in [7, 11) is 0. The van der Waals surface area contributed by atoms with Crippen LogP contribution in [-0.4, -0.2) is 23.6 Å². The molecule has 5 heavy (non-hydrogen) atoms. The third-order valence-electron chi connectivity index (χ3n) is 0.408. The molecule has 0 unspecified atom stereocenters. The minimum atomic E-state index is 0.241. The van der Waals surface area contributed by atoms with Gasteiger partial charge in [-0.25, -0.2) is 0 Å². The van der Waals surface area contributed by atoms with Crippen LogP contribution in [0.25, 0.3) is 0 Å². The molecule has 0 atom stereocenters. The molecule has 0 heterocycles. The van der Waals surface area contributed by atoms with E-state index in [0.29, 0.717) is 0 Å². The number of rotatable bonds is 2. The first-order valence-corrected chi connectivity index (χ1v) is 6.48. The molecule has 0 aliphatic carbocycles. The second-order valence-electron chi connectivity index (χ2n) is 0.781. The zero-order chi connectivity index (χ0) is 4.12. The van der Waals surface area contributed by atoms with Gasteiger partial charge in [-0.05, 0) is 0 Å². The van der Waals surface area contributed by atoms with Crippen LogP contribution in [0.4, 0.5) is 0 Å². The number of hydrogen-bond acceptors (Lipinski definition) is 0. The van der Waals surface area contributed by atoms with Crippen molar-refractivity contribution in [2.75, 3.05) is 0 Å². The Balaban J connectivity index is 2.19. The van der Waals surface area contributed by atoms with Crippen LogP contribution in [0.15, 0.2) is 0 Å². The maximum atomic E-state index is 2.29. The second kappa shape index (κ2) is 4.90. The number of hydrogen-bond donors (Lipinski definition) is 0. The van der Waals surface area contributed by atoms with Crippen LogP contribution in [0.3, 0.4) is 0 Å². The van der Waals surface area contributed by atoms with Gasteiger partial charge in [-0.2, -0.15) is 0 Å². The Kier molecular flexibility index (Phi) is 5.77. The fourth-order valence-corrected chi connectivity index (χ4v) is 1.79. The zero-order valence-electron chi connectivity index (χ0n) is 3.82. The summed E-state index contributed by atoms with van der Waals surface area (Å²) in [5, 5.41) is 0. The van der Waals surface area contributed by atoms with E-state index in [1.54, 1.807) is 0 Å². The van der Waals surface area contributed by atoms with E-state index < -0.39 is 0 Å². The van der Waals surface area contributed by atoms with Crippen LogP contribution in [0.2, 0.25) is 8.16 Å². The molecule has 0 bridgehead atoms. The molecule has 0 saturated carbocycles. The normalized spacial score (nSPS) is 8.40. The van der Waals surface area contributed by atoms with Crippen molar-refractivity contribution in [3.8, 4) is 0 Å². The van der Waals surface area contributed by atoms with Gasteiger partial charge in [0, 0.05) is 0 Å². The minimum absolute atomic E-state index is 0.241. The maximum absolute atomic E-state index is 2.29. The topological polar surface area (TPSA) is 0 Å². The Morgan fingerprint density at radius 2 is 1.60 bits per heavy atom. The van der Waals surface area contributed by atoms with Gasteiger partial charge in [-0.1, -0.05) is 0 Å². The van der Waals surface area contributed by atoms with Crippen molar-refractivity contribution >= 4 is 23.6 Å². The Bertz CT molecular complexity index is 11.1. The van der Waals surface area contributed by atoms with Crippen LogP contribution in [0, 0.1) is 0 Å². The SMILES string of the molecule is C[CH2][Po][CH2]C. The van der Waals surface area contributed by atoms with E-state index in [-0.39, 0.29) is 23.6 Å². The van der Waals surface area contributed by atoms with Gasteiger partial charge in [0.2, 0.25) is 0 Å². The first-order chi connectivity index (χ1) is 2.41. The van der Waals surface area contributed by atoms with Crippen molar-refractivity contribution in [2.24, 2.45) is 0 Å². The molecule has 0 spiro atoms. The van der Waals surface area contributed by atoms with E-state index in [1.807, 2.05) is 0 Å². The Morgan fingerprint density at radius 3 is 1.60 bits per heavy atom. The van der Waals surface area contributed by atoms with Crippen molar-refractivity contribution in [3.63, 3.8) is 0 Å². The monoisotopic (exact) mass is 267 g/mol. The fraction of sp³-hybridized carbons (Fsp3) is 1.00. The fourth-order valence-electron chi connectivity index (χ4n) is 0.204. The summed E-state index contributed by atoms with van der Waals surface area (Å²) in [6.45, 7) is 4.57. The van der Waals surface area contributed by atoms with E-state index in [2.05, 4.69) is 13.8 Å². The average Bonchev–Trinajstić information content (AvgIpc) is 1.41. The average molecular weight is 267 g/mol. The van der Waals surface area contributed by atoms with E-state index >= 15 is 0 Å². The molecule has 0 aliphatic rings. The summed E-state index contributed by atoms with van der Waals surface area (Å²) in [6, 6.07) is 0. The molecule has 0 amide bonds. The molecule has 0 nitrogen and oxygen atoms in total. The Hall–Kier alpha value is 0.896. The summed E-state index contributed by atoms with van der Waals surface area (Å²) < 4.78 is 3.02. The Morgan fingerprint density at radius 1 is 1.20 bits per heavy atom. The molecule has 0 saturated heterocycles. The van der Waals surface area contributed by atoms with Crippen LogP contribution in [-0.2, 0) is 0 Å². The van der Waals surface area contributed by atoms with Gasteiger partial charge in [0.1, 0.15) is 0 Å². The quantitative estimate of drug-likeness (QED) is 0.712. The molecular formula is C4H10Po. The van der Waals surface area contributed by atoms with Crippen molar-refractivity contribution in [3.05, 3.63) is 0 Å². The van der Waals surface area contributed by atoms with Crippen LogP contribution in [0.1, 0.15) is 13.8 Å². The van der Waals surface area contributed by atoms with E-state index in [4.69, 9.17) is 0 Å². The van der Waals surface area contributed by atoms with Crippen molar-refractivity contribution in [1.82, 2.24) is 0 Å². The van der Waals surface area contributed by atoms with Crippen molar-refractivity contribution in [1.29, 1.82) is 0 Å². The molecule has 0 rings (SSSR count). The summed E-state index contributed by atoms with van der Waals surface area (Å²) in [6.07, 6.45) is 0. The molecule has 0 radical (unpaired) electrons. The van der Waals surface area contributed by atoms with Crippen LogP contribution >= 0.6 is 0 Å². The predicted molar refractivity (Wildman–Crippen MR) is 26.7 cm³/mol. The van der Waals surface area contributed by atoms with Gasteiger partial charge < -0.3 is 0 Å². The van der Waals surface area contributed by atoms with Gasteiger partial charge in [-0.3, -0.25) is 0 Å². The zero-order valence-corrected chi connectivity index (χ0v) is 7.00. The summed E-state index contributed by atoms with van der Waals surface area (Å²) in [5.41, 5.74) is 0. The van der Waals surface area contributed by atoms with Gasteiger partial charge in [0.15, 0.2) is 0 Å². The second-order valence-corrected chi connectivity index (χ2v) is 6.86. The molecule has 0 N–H and O–H groups in total. The first-order valence-electron chi connectivity index (χ1n) is 1.99. The molecule has 32 valence electrons.